The summed E-state index contributed by atoms with van der Waals surface area (Å²) in [5, 5.41) is 18.5. The van der Waals surface area contributed by atoms with Crippen LogP contribution in [0.5, 0.6) is 0 Å². The standard InChI is InChI=1S/C11H20N4O2/c1-4-15(5-6-16)7-10(17)12-11-8(2)13-14-9(11)3/h16H,4-7H2,1-3H3,(H,12,17)(H,13,14). The lowest BCUT2D eigenvalue weighted by Crippen LogP contribution is -2.35. The third-order valence-electron chi connectivity index (χ3n) is 2.62. The minimum Gasteiger partial charge on any atom is -0.395 e. The number of aliphatic hydroxyl groups excluding tert-OH is 1. The van der Waals surface area contributed by atoms with Gasteiger partial charge in [0.1, 0.15) is 0 Å². The Kier molecular flexibility index (Phi) is 5.11. The summed E-state index contributed by atoms with van der Waals surface area (Å²) in [6, 6.07) is 0. The molecule has 0 aliphatic heterocycles. The van der Waals surface area contributed by atoms with Gasteiger partial charge in [-0.25, -0.2) is 0 Å². The number of aromatic amines is 1. The molecule has 3 N–H and O–H groups in total. The van der Waals surface area contributed by atoms with E-state index in [1.54, 1.807) is 0 Å². The third kappa shape index (κ3) is 3.83. The van der Waals surface area contributed by atoms with Crippen molar-refractivity contribution in [2.45, 2.75) is 20.8 Å². The first-order chi connectivity index (χ1) is 8.08. The summed E-state index contributed by atoms with van der Waals surface area (Å²) < 4.78 is 0. The SMILES string of the molecule is CCN(CCO)CC(=O)Nc1c(C)n[nH]c1C. The Balaban J connectivity index is 2.55. The van der Waals surface area contributed by atoms with E-state index in [-0.39, 0.29) is 19.1 Å². The molecule has 0 fully saturated rings. The van der Waals surface area contributed by atoms with E-state index in [9.17, 15) is 4.79 Å². The Morgan fingerprint density at radius 2 is 2.24 bits per heavy atom. The highest BCUT2D eigenvalue weighted by molar-refractivity contribution is 5.93. The van der Waals surface area contributed by atoms with E-state index in [4.69, 9.17) is 5.11 Å². The zero-order chi connectivity index (χ0) is 12.8. The summed E-state index contributed by atoms with van der Waals surface area (Å²) >= 11 is 0. The predicted molar refractivity (Wildman–Crippen MR) is 65.9 cm³/mol. The molecule has 0 aromatic carbocycles. The monoisotopic (exact) mass is 240 g/mol. The quantitative estimate of drug-likeness (QED) is 0.667. The van der Waals surface area contributed by atoms with E-state index in [2.05, 4.69) is 15.5 Å². The number of likely N-dealkylation sites (N-methyl/N-ethyl adjacent to an activating group) is 1. The van der Waals surface area contributed by atoms with Gasteiger partial charge in [0.25, 0.3) is 0 Å². The van der Waals surface area contributed by atoms with E-state index in [1.807, 2.05) is 25.7 Å². The van der Waals surface area contributed by atoms with E-state index >= 15 is 0 Å². The summed E-state index contributed by atoms with van der Waals surface area (Å²) in [6.45, 7) is 7.24. The molecular weight excluding hydrogens is 220 g/mol. The van der Waals surface area contributed by atoms with Crippen molar-refractivity contribution < 1.29 is 9.90 Å². The second-order valence-electron chi connectivity index (χ2n) is 3.95. The van der Waals surface area contributed by atoms with Gasteiger partial charge in [0.2, 0.25) is 5.91 Å². The maximum absolute atomic E-state index is 11.8. The molecule has 6 heteroatoms. The van der Waals surface area contributed by atoms with Crippen molar-refractivity contribution in [1.82, 2.24) is 15.1 Å². The molecule has 0 aliphatic carbocycles. The largest absolute Gasteiger partial charge is 0.395 e. The third-order valence-corrected chi connectivity index (χ3v) is 2.62. The van der Waals surface area contributed by atoms with Crippen LogP contribution in [-0.2, 0) is 4.79 Å². The van der Waals surface area contributed by atoms with E-state index in [1.165, 1.54) is 0 Å². The van der Waals surface area contributed by atoms with E-state index in [0.29, 0.717) is 6.54 Å². The number of nitrogens with one attached hydrogen (secondary N) is 2. The van der Waals surface area contributed by atoms with E-state index < -0.39 is 0 Å². The number of rotatable bonds is 6. The van der Waals surface area contributed by atoms with Gasteiger partial charge < -0.3 is 10.4 Å². The molecule has 1 aromatic rings. The highest BCUT2D eigenvalue weighted by atomic mass is 16.3. The number of aryl methyl sites for hydroxylation is 2. The number of nitrogens with zero attached hydrogens (tertiary/aromatic N) is 2. The Hall–Kier alpha value is -1.40. The van der Waals surface area contributed by atoms with Crippen LogP contribution in [0.2, 0.25) is 0 Å². The number of aromatic nitrogens is 2. The van der Waals surface area contributed by atoms with Gasteiger partial charge in [-0.3, -0.25) is 14.8 Å². The number of aliphatic hydroxyl groups is 1. The zero-order valence-electron chi connectivity index (χ0n) is 10.6. The topological polar surface area (TPSA) is 81.2 Å². The molecule has 96 valence electrons. The Labute approximate surface area is 101 Å². The van der Waals surface area contributed by atoms with Crippen molar-refractivity contribution in [3.05, 3.63) is 11.4 Å². The lowest BCUT2D eigenvalue weighted by Gasteiger charge is -2.18. The van der Waals surface area contributed by atoms with Crippen molar-refractivity contribution in [3.63, 3.8) is 0 Å². The summed E-state index contributed by atoms with van der Waals surface area (Å²) in [4.78, 5) is 13.7. The second kappa shape index (κ2) is 6.36. The fourth-order valence-corrected chi connectivity index (χ4v) is 1.61. The molecule has 1 amide bonds. The van der Waals surface area contributed by atoms with Crippen LogP contribution in [0.25, 0.3) is 0 Å². The van der Waals surface area contributed by atoms with Crippen molar-refractivity contribution in [2.24, 2.45) is 0 Å². The molecule has 0 atom stereocenters. The number of amides is 1. The van der Waals surface area contributed by atoms with Crippen molar-refractivity contribution in [3.8, 4) is 0 Å². The number of carbonyl (C=O) groups excluding carboxylic acids is 1. The first kappa shape index (κ1) is 13.7. The van der Waals surface area contributed by atoms with E-state index in [0.717, 1.165) is 23.6 Å². The first-order valence-corrected chi connectivity index (χ1v) is 5.73. The lowest BCUT2D eigenvalue weighted by molar-refractivity contribution is -0.117. The smallest absolute Gasteiger partial charge is 0.238 e. The number of H-pyrrole nitrogens is 1. The predicted octanol–water partition coefficient (Wildman–Crippen LogP) is 0.279. The van der Waals surface area contributed by atoms with Crippen LogP contribution in [0.15, 0.2) is 0 Å². The highest BCUT2D eigenvalue weighted by Crippen LogP contribution is 2.15. The number of anilines is 1. The molecule has 6 nitrogen and oxygen atoms in total. The molecule has 0 radical (unpaired) electrons. The molecule has 0 saturated heterocycles. The molecule has 0 bridgehead atoms. The van der Waals surface area contributed by atoms with Crippen molar-refractivity contribution in [1.29, 1.82) is 0 Å². The lowest BCUT2D eigenvalue weighted by atomic mass is 10.3. The minimum atomic E-state index is -0.0899. The molecular formula is C11H20N4O2. The fraction of sp³-hybridized carbons (Fsp3) is 0.636. The number of hydrogen-bond acceptors (Lipinski definition) is 4. The molecule has 1 rings (SSSR count). The summed E-state index contributed by atoms with van der Waals surface area (Å²) in [7, 11) is 0. The molecule has 0 unspecified atom stereocenters. The summed E-state index contributed by atoms with van der Waals surface area (Å²) in [5.41, 5.74) is 2.37. The van der Waals surface area contributed by atoms with Crippen LogP contribution in [0.4, 0.5) is 5.69 Å². The maximum atomic E-state index is 11.8. The van der Waals surface area contributed by atoms with Crippen LogP contribution in [0.3, 0.4) is 0 Å². The zero-order valence-corrected chi connectivity index (χ0v) is 10.6. The van der Waals surface area contributed by atoms with Gasteiger partial charge in [-0.2, -0.15) is 5.10 Å². The minimum absolute atomic E-state index is 0.0604. The van der Waals surface area contributed by atoms with Gasteiger partial charge in [0.05, 0.1) is 30.2 Å². The number of hydrogen-bond donors (Lipinski definition) is 3. The van der Waals surface area contributed by atoms with Gasteiger partial charge in [-0.1, -0.05) is 6.92 Å². The van der Waals surface area contributed by atoms with Gasteiger partial charge in [-0.05, 0) is 20.4 Å². The Morgan fingerprint density at radius 3 is 2.71 bits per heavy atom. The molecule has 0 saturated carbocycles. The van der Waals surface area contributed by atoms with Crippen LogP contribution in [-0.4, -0.2) is 52.4 Å². The maximum Gasteiger partial charge on any atom is 0.238 e. The summed E-state index contributed by atoms with van der Waals surface area (Å²) in [6.07, 6.45) is 0. The number of carbonyl (C=O) groups is 1. The van der Waals surface area contributed by atoms with Crippen molar-refractivity contribution in [2.75, 3.05) is 31.6 Å². The second-order valence-corrected chi connectivity index (χ2v) is 3.95. The normalized spacial score (nSPS) is 10.9. The molecule has 0 spiro atoms. The summed E-state index contributed by atoms with van der Waals surface area (Å²) in [5.74, 6) is -0.0899. The molecule has 1 aromatic heterocycles. The molecule has 1 heterocycles. The average molecular weight is 240 g/mol. The fourth-order valence-electron chi connectivity index (χ4n) is 1.61. The molecule has 17 heavy (non-hydrogen) atoms. The Bertz CT molecular complexity index is 356. The van der Waals surface area contributed by atoms with Gasteiger partial charge in [0.15, 0.2) is 0 Å². The average Bonchev–Trinajstić information content (AvgIpc) is 2.60. The van der Waals surface area contributed by atoms with Crippen LogP contribution in [0.1, 0.15) is 18.3 Å². The van der Waals surface area contributed by atoms with Crippen LogP contribution in [0, 0.1) is 13.8 Å². The highest BCUT2D eigenvalue weighted by Gasteiger charge is 2.12. The van der Waals surface area contributed by atoms with Crippen LogP contribution >= 0.6 is 0 Å². The van der Waals surface area contributed by atoms with Gasteiger partial charge in [-0.15, -0.1) is 0 Å². The van der Waals surface area contributed by atoms with Crippen molar-refractivity contribution >= 4 is 11.6 Å². The van der Waals surface area contributed by atoms with Crippen LogP contribution < -0.4 is 5.32 Å². The van der Waals surface area contributed by atoms with Gasteiger partial charge in [0, 0.05) is 6.54 Å². The first-order valence-electron chi connectivity index (χ1n) is 5.73. The molecule has 0 aliphatic rings. The Morgan fingerprint density at radius 1 is 1.53 bits per heavy atom. The van der Waals surface area contributed by atoms with Gasteiger partial charge >= 0.3 is 0 Å².